The molecule has 0 spiro atoms. The Labute approximate surface area is 115 Å². The van der Waals surface area contributed by atoms with E-state index in [1.165, 1.54) is 0 Å². The summed E-state index contributed by atoms with van der Waals surface area (Å²) in [7, 11) is 2.02. The Bertz CT molecular complexity index is 428. The number of hydrogen-bond donors (Lipinski definition) is 2. The molecule has 0 aromatic carbocycles. The van der Waals surface area contributed by atoms with Crippen LogP contribution in [-0.2, 0) is 0 Å². The smallest absolute Gasteiger partial charge is 0.134 e. The third kappa shape index (κ3) is 4.87. The molecule has 1 aromatic rings. The van der Waals surface area contributed by atoms with Crippen LogP contribution in [0.1, 0.15) is 19.7 Å². The first-order chi connectivity index (χ1) is 8.88. The molecule has 5 heteroatoms. The summed E-state index contributed by atoms with van der Waals surface area (Å²) in [6.45, 7) is 12.1. The first kappa shape index (κ1) is 15.4. The minimum atomic E-state index is 0.0579. The van der Waals surface area contributed by atoms with Crippen molar-refractivity contribution in [1.29, 1.82) is 0 Å². The minimum absolute atomic E-state index is 0.0579. The van der Waals surface area contributed by atoms with Crippen molar-refractivity contribution in [3.63, 3.8) is 0 Å². The van der Waals surface area contributed by atoms with Gasteiger partial charge in [0.25, 0.3) is 0 Å². The minimum Gasteiger partial charge on any atom is -0.366 e. The predicted molar refractivity (Wildman–Crippen MR) is 81.6 cm³/mol. The second kappa shape index (κ2) is 6.52. The van der Waals surface area contributed by atoms with Crippen LogP contribution >= 0.6 is 0 Å². The standard InChI is InChI=1S/C14H25N5/c1-6-7-16-12-8-13(18-11(2)17-12)19(5)10-14(3,4)9-15/h6,8H,1,7,9-10,15H2,2-5H3,(H,16,17,18). The van der Waals surface area contributed by atoms with Gasteiger partial charge in [0, 0.05) is 26.2 Å². The van der Waals surface area contributed by atoms with E-state index in [4.69, 9.17) is 5.73 Å². The molecule has 1 rings (SSSR count). The molecule has 0 amide bonds. The third-order valence-corrected chi connectivity index (χ3v) is 2.86. The molecule has 0 atom stereocenters. The average molecular weight is 263 g/mol. The van der Waals surface area contributed by atoms with Crippen LogP contribution in [0.5, 0.6) is 0 Å². The van der Waals surface area contributed by atoms with Crippen molar-refractivity contribution in [2.24, 2.45) is 11.1 Å². The number of nitrogens with two attached hydrogens (primary N) is 1. The van der Waals surface area contributed by atoms with Gasteiger partial charge in [-0.3, -0.25) is 0 Å². The van der Waals surface area contributed by atoms with Crippen molar-refractivity contribution in [2.75, 3.05) is 36.9 Å². The van der Waals surface area contributed by atoms with Gasteiger partial charge in [0.05, 0.1) is 0 Å². The zero-order chi connectivity index (χ0) is 14.5. The lowest BCUT2D eigenvalue weighted by Gasteiger charge is -2.30. The normalized spacial score (nSPS) is 11.2. The van der Waals surface area contributed by atoms with Gasteiger partial charge in [0.1, 0.15) is 17.5 Å². The first-order valence-corrected chi connectivity index (χ1v) is 6.49. The maximum Gasteiger partial charge on any atom is 0.134 e. The Morgan fingerprint density at radius 1 is 1.47 bits per heavy atom. The van der Waals surface area contributed by atoms with E-state index in [1.54, 1.807) is 6.08 Å². The molecule has 3 N–H and O–H groups in total. The van der Waals surface area contributed by atoms with Crippen LogP contribution in [0.2, 0.25) is 0 Å². The third-order valence-electron chi connectivity index (χ3n) is 2.86. The second-order valence-electron chi connectivity index (χ2n) is 5.55. The Balaban J connectivity index is 2.87. The number of nitrogens with zero attached hydrogens (tertiary/aromatic N) is 3. The Morgan fingerprint density at radius 2 is 2.16 bits per heavy atom. The highest BCUT2D eigenvalue weighted by Gasteiger charge is 2.19. The predicted octanol–water partition coefficient (Wildman–Crippen LogP) is 1.80. The van der Waals surface area contributed by atoms with Crippen molar-refractivity contribution in [3.05, 3.63) is 24.5 Å². The molecule has 0 aliphatic rings. The molecule has 1 heterocycles. The van der Waals surface area contributed by atoms with Crippen molar-refractivity contribution in [2.45, 2.75) is 20.8 Å². The van der Waals surface area contributed by atoms with Gasteiger partial charge < -0.3 is 16.0 Å². The van der Waals surface area contributed by atoms with Crippen LogP contribution < -0.4 is 16.0 Å². The molecule has 0 aliphatic carbocycles. The van der Waals surface area contributed by atoms with Gasteiger partial charge in [-0.25, -0.2) is 9.97 Å². The maximum absolute atomic E-state index is 5.78. The highest BCUT2D eigenvalue weighted by molar-refractivity contribution is 5.49. The fraction of sp³-hybridized carbons (Fsp3) is 0.571. The van der Waals surface area contributed by atoms with Crippen molar-refractivity contribution >= 4 is 11.6 Å². The van der Waals surface area contributed by atoms with E-state index in [9.17, 15) is 0 Å². The molecule has 0 fully saturated rings. The molecule has 0 unspecified atom stereocenters. The summed E-state index contributed by atoms with van der Waals surface area (Å²) in [5.74, 6) is 2.47. The van der Waals surface area contributed by atoms with Crippen LogP contribution in [0.4, 0.5) is 11.6 Å². The van der Waals surface area contributed by atoms with E-state index in [0.29, 0.717) is 13.1 Å². The largest absolute Gasteiger partial charge is 0.366 e. The fourth-order valence-electron chi connectivity index (χ4n) is 1.80. The molecule has 0 bridgehead atoms. The van der Waals surface area contributed by atoms with Crippen molar-refractivity contribution in [1.82, 2.24) is 9.97 Å². The van der Waals surface area contributed by atoms with E-state index in [2.05, 4.69) is 40.6 Å². The quantitative estimate of drug-likeness (QED) is 0.734. The SMILES string of the molecule is C=CCNc1cc(N(C)CC(C)(C)CN)nc(C)n1. The monoisotopic (exact) mass is 263 g/mol. The van der Waals surface area contributed by atoms with Crippen LogP contribution in [0.15, 0.2) is 18.7 Å². The molecule has 106 valence electrons. The van der Waals surface area contributed by atoms with Gasteiger partial charge >= 0.3 is 0 Å². The number of nitrogens with one attached hydrogen (secondary N) is 1. The molecule has 0 saturated heterocycles. The van der Waals surface area contributed by atoms with Gasteiger partial charge in [-0.15, -0.1) is 6.58 Å². The first-order valence-electron chi connectivity index (χ1n) is 6.49. The van der Waals surface area contributed by atoms with Gasteiger partial charge in [-0.1, -0.05) is 19.9 Å². The number of anilines is 2. The number of aryl methyl sites for hydroxylation is 1. The zero-order valence-electron chi connectivity index (χ0n) is 12.4. The van der Waals surface area contributed by atoms with Crippen molar-refractivity contribution in [3.8, 4) is 0 Å². The van der Waals surface area contributed by atoms with Gasteiger partial charge in [0.15, 0.2) is 0 Å². The molecular weight excluding hydrogens is 238 g/mol. The molecule has 5 nitrogen and oxygen atoms in total. The Morgan fingerprint density at radius 3 is 2.74 bits per heavy atom. The lowest BCUT2D eigenvalue weighted by molar-refractivity contribution is 0.384. The highest BCUT2D eigenvalue weighted by atomic mass is 15.2. The van der Waals surface area contributed by atoms with E-state index in [0.717, 1.165) is 24.0 Å². The molecule has 0 saturated carbocycles. The van der Waals surface area contributed by atoms with E-state index in [1.807, 2.05) is 20.0 Å². The number of aromatic nitrogens is 2. The second-order valence-corrected chi connectivity index (χ2v) is 5.55. The van der Waals surface area contributed by atoms with Crippen molar-refractivity contribution < 1.29 is 0 Å². The number of hydrogen-bond acceptors (Lipinski definition) is 5. The van der Waals surface area contributed by atoms with Crippen LogP contribution in [0.3, 0.4) is 0 Å². The van der Waals surface area contributed by atoms with E-state index in [-0.39, 0.29) is 5.41 Å². The molecule has 1 aromatic heterocycles. The molecule has 0 radical (unpaired) electrons. The summed E-state index contributed by atoms with van der Waals surface area (Å²) in [5.41, 5.74) is 5.83. The van der Waals surface area contributed by atoms with E-state index >= 15 is 0 Å². The topological polar surface area (TPSA) is 67.1 Å². The lowest BCUT2D eigenvalue weighted by Crippen LogP contribution is -2.37. The van der Waals surface area contributed by atoms with Gasteiger partial charge in [-0.2, -0.15) is 0 Å². The van der Waals surface area contributed by atoms with Gasteiger partial charge in [-0.05, 0) is 18.9 Å². The van der Waals surface area contributed by atoms with Crippen LogP contribution in [0.25, 0.3) is 0 Å². The molecular formula is C14H25N5. The summed E-state index contributed by atoms with van der Waals surface area (Å²) in [5, 5.41) is 3.19. The molecule has 0 aliphatic heterocycles. The number of rotatable bonds is 7. The highest BCUT2D eigenvalue weighted by Crippen LogP contribution is 2.20. The summed E-state index contributed by atoms with van der Waals surface area (Å²) in [6.07, 6.45) is 1.80. The average Bonchev–Trinajstić information content (AvgIpc) is 2.35. The van der Waals surface area contributed by atoms with E-state index < -0.39 is 0 Å². The summed E-state index contributed by atoms with van der Waals surface area (Å²) in [6, 6.07) is 1.95. The Hall–Kier alpha value is -1.62. The lowest BCUT2D eigenvalue weighted by atomic mass is 9.93. The Kier molecular flexibility index (Phi) is 5.30. The summed E-state index contributed by atoms with van der Waals surface area (Å²) < 4.78 is 0. The zero-order valence-corrected chi connectivity index (χ0v) is 12.4. The van der Waals surface area contributed by atoms with Crippen LogP contribution in [0, 0.1) is 12.3 Å². The summed E-state index contributed by atoms with van der Waals surface area (Å²) in [4.78, 5) is 10.9. The summed E-state index contributed by atoms with van der Waals surface area (Å²) >= 11 is 0. The maximum atomic E-state index is 5.78. The van der Waals surface area contributed by atoms with Gasteiger partial charge in [0.2, 0.25) is 0 Å². The fourth-order valence-corrected chi connectivity index (χ4v) is 1.80. The molecule has 19 heavy (non-hydrogen) atoms. The van der Waals surface area contributed by atoms with Crippen LogP contribution in [-0.4, -0.2) is 36.6 Å².